The second kappa shape index (κ2) is 4.82. The van der Waals surface area contributed by atoms with Gasteiger partial charge in [0.25, 0.3) is 0 Å². The molecule has 1 amide bonds. The van der Waals surface area contributed by atoms with Gasteiger partial charge in [0.05, 0.1) is 11.1 Å². The van der Waals surface area contributed by atoms with Crippen LogP contribution in [-0.2, 0) is 4.79 Å². The first-order chi connectivity index (χ1) is 8.64. The van der Waals surface area contributed by atoms with E-state index in [4.69, 9.17) is 5.84 Å². The molecule has 0 spiro atoms. The zero-order valence-corrected chi connectivity index (χ0v) is 10.6. The van der Waals surface area contributed by atoms with Crippen LogP contribution in [0.25, 0.3) is 0 Å². The molecule has 0 unspecified atom stereocenters. The Hall–Kier alpha value is -1.81. The molecule has 1 fully saturated rings. The summed E-state index contributed by atoms with van der Waals surface area (Å²) in [6.07, 6.45) is 12.1. The molecular formula is C14H19N3O. The Bertz CT molecular complexity index is 456. The zero-order valence-electron chi connectivity index (χ0n) is 10.6. The predicted molar refractivity (Wildman–Crippen MR) is 71.9 cm³/mol. The van der Waals surface area contributed by atoms with Crippen molar-refractivity contribution in [3.05, 3.63) is 48.4 Å². The summed E-state index contributed by atoms with van der Waals surface area (Å²) in [6, 6.07) is 0. The van der Waals surface area contributed by atoms with Crippen molar-refractivity contribution in [2.45, 2.75) is 19.3 Å². The first-order valence-corrected chi connectivity index (χ1v) is 6.13. The standard InChI is InChI=1S/C14H19N3O/c1-3-5-12-7-6-11(10-17(12)15)14(8-4-9-14)13(18)16-2/h3,5-7,10H,1,4,8-9,15H2,2H3,(H,16,18)/b12-5-. The van der Waals surface area contributed by atoms with Crippen LogP contribution >= 0.6 is 0 Å². The summed E-state index contributed by atoms with van der Waals surface area (Å²) in [5.74, 6) is 6.01. The number of nitrogens with one attached hydrogen (secondary N) is 1. The molecule has 2 rings (SSSR count). The van der Waals surface area contributed by atoms with E-state index in [1.165, 1.54) is 0 Å². The minimum atomic E-state index is -0.386. The van der Waals surface area contributed by atoms with E-state index in [2.05, 4.69) is 11.9 Å². The largest absolute Gasteiger partial charge is 0.358 e. The number of amides is 1. The minimum absolute atomic E-state index is 0.0780. The lowest BCUT2D eigenvalue weighted by molar-refractivity contribution is -0.132. The van der Waals surface area contributed by atoms with Crippen molar-refractivity contribution >= 4 is 5.91 Å². The van der Waals surface area contributed by atoms with Gasteiger partial charge in [-0.3, -0.25) is 9.80 Å². The Labute approximate surface area is 107 Å². The number of carbonyl (C=O) groups is 1. The van der Waals surface area contributed by atoms with Crippen molar-refractivity contribution < 1.29 is 4.79 Å². The molecule has 1 aliphatic carbocycles. The van der Waals surface area contributed by atoms with Crippen molar-refractivity contribution in [2.75, 3.05) is 7.05 Å². The van der Waals surface area contributed by atoms with Gasteiger partial charge in [0.1, 0.15) is 0 Å². The highest BCUT2D eigenvalue weighted by Gasteiger charge is 2.46. The normalized spacial score (nSPS) is 23.3. The Morgan fingerprint density at radius 2 is 2.28 bits per heavy atom. The van der Waals surface area contributed by atoms with Gasteiger partial charge in [-0.1, -0.05) is 25.2 Å². The quantitative estimate of drug-likeness (QED) is 0.743. The zero-order chi connectivity index (χ0) is 13.2. The van der Waals surface area contributed by atoms with Crippen molar-refractivity contribution in [1.29, 1.82) is 0 Å². The number of allylic oxidation sites excluding steroid dienone is 4. The maximum absolute atomic E-state index is 12.1. The first-order valence-electron chi connectivity index (χ1n) is 6.13. The van der Waals surface area contributed by atoms with Crippen molar-refractivity contribution in [2.24, 2.45) is 11.3 Å². The molecule has 3 N–H and O–H groups in total. The Morgan fingerprint density at radius 1 is 1.56 bits per heavy atom. The van der Waals surface area contributed by atoms with E-state index >= 15 is 0 Å². The lowest BCUT2D eigenvalue weighted by Crippen LogP contribution is -2.46. The lowest BCUT2D eigenvalue weighted by atomic mass is 9.63. The molecule has 96 valence electrons. The SMILES string of the molecule is C=C/C=C1/C=CC(C2(C(=O)NC)CCC2)=CN1N. The maximum Gasteiger partial charge on any atom is 0.230 e. The van der Waals surface area contributed by atoms with Crippen LogP contribution in [0.4, 0.5) is 0 Å². The number of carbonyl (C=O) groups excluding carboxylic acids is 1. The Morgan fingerprint density at radius 3 is 2.72 bits per heavy atom. The maximum atomic E-state index is 12.1. The molecule has 0 radical (unpaired) electrons. The number of hydrazine groups is 1. The van der Waals surface area contributed by atoms with Gasteiger partial charge in [0, 0.05) is 13.2 Å². The molecule has 4 heteroatoms. The van der Waals surface area contributed by atoms with E-state index in [-0.39, 0.29) is 11.3 Å². The van der Waals surface area contributed by atoms with Crippen LogP contribution in [0.1, 0.15) is 19.3 Å². The molecule has 0 aromatic carbocycles. The summed E-state index contributed by atoms with van der Waals surface area (Å²) < 4.78 is 0. The van der Waals surface area contributed by atoms with Crippen LogP contribution in [0, 0.1) is 5.41 Å². The highest BCUT2D eigenvalue weighted by Crippen LogP contribution is 2.48. The summed E-state index contributed by atoms with van der Waals surface area (Å²) in [5.41, 5.74) is 1.46. The third-order valence-corrected chi connectivity index (χ3v) is 3.72. The number of nitrogens with two attached hydrogens (primary N) is 1. The van der Waals surface area contributed by atoms with E-state index < -0.39 is 0 Å². The second-order valence-electron chi connectivity index (χ2n) is 4.67. The van der Waals surface area contributed by atoms with Crippen LogP contribution in [0.5, 0.6) is 0 Å². The van der Waals surface area contributed by atoms with Gasteiger partial charge in [-0.2, -0.15) is 0 Å². The number of nitrogens with zero attached hydrogens (tertiary/aromatic N) is 1. The lowest BCUT2D eigenvalue weighted by Gasteiger charge is -2.42. The van der Waals surface area contributed by atoms with Gasteiger partial charge in [-0.25, -0.2) is 5.84 Å². The summed E-state index contributed by atoms with van der Waals surface area (Å²) in [7, 11) is 1.68. The molecule has 1 heterocycles. The fourth-order valence-corrected chi connectivity index (χ4v) is 2.49. The van der Waals surface area contributed by atoms with E-state index in [0.29, 0.717) is 0 Å². The van der Waals surface area contributed by atoms with E-state index in [9.17, 15) is 4.79 Å². The van der Waals surface area contributed by atoms with Crippen molar-refractivity contribution in [3.8, 4) is 0 Å². The molecular weight excluding hydrogens is 226 g/mol. The molecule has 0 saturated heterocycles. The third-order valence-electron chi connectivity index (χ3n) is 3.72. The number of hydrogen-bond donors (Lipinski definition) is 2. The van der Waals surface area contributed by atoms with Crippen molar-refractivity contribution in [1.82, 2.24) is 10.3 Å². The van der Waals surface area contributed by atoms with E-state index in [1.807, 2.05) is 24.4 Å². The molecule has 1 aliphatic heterocycles. The molecule has 18 heavy (non-hydrogen) atoms. The average Bonchev–Trinajstić information content (AvgIpc) is 2.31. The van der Waals surface area contributed by atoms with Gasteiger partial charge in [0.2, 0.25) is 5.91 Å². The Kier molecular flexibility index (Phi) is 3.39. The van der Waals surface area contributed by atoms with Gasteiger partial charge < -0.3 is 5.32 Å². The van der Waals surface area contributed by atoms with Crippen molar-refractivity contribution in [3.63, 3.8) is 0 Å². The number of rotatable bonds is 3. The molecule has 0 aromatic heterocycles. The van der Waals surface area contributed by atoms with Crippen LogP contribution in [0.15, 0.2) is 48.4 Å². The van der Waals surface area contributed by atoms with Crippen LogP contribution < -0.4 is 11.2 Å². The molecule has 0 atom stereocenters. The summed E-state index contributed by atoms with van der Waals surface area (Å²) >= 11 is 0. The Balaban J connectivity index is 2.28. The van der Waals surface area contributed by atoms with Crippen LogP contribution in [0.2, 0.25) is 0 Å². The van der Waals surface area contributed by atoms with Gasteiger partial charge in [-0.05, 0) is 30.6 Å². The van der Waals surface area contributed by atoms with Crippen LogP contribution in [0.3, 0.4) is 0 Å². The fraction of sp³-hybridized carbons (Fsp3) is 0.357. The predicted octanol–water partition coefficient (Wildman–Crippen LogP) is 1.60. The van der Waals surface area contributed by atoms with Gasteiger partial charge in [0.15, 0.2) is 0 Å². The first kappa shape index (κ1) is 12.6. The van der Waals surface area contributed by atoms with Gasteiger partial charge >= 0.3 is 0 Å². The molecule has 1 saturated carbocycles. The molecule has 0 bridgehead atoms. The molecule has 4 nitrogen and oxygen atoms in total. The second-order valence-corrected chi connectivity index (χ2v) is 4.67. The molecule has 0 aromatic rings. The third kappa shape index (κ3) is 1.88. The monoisotopic (exact) mass is 245 g/mol. The van der Waals surface area contributed by atoms with E-state index in [0.717, 1.165) is 30.5 Å². The highest BCUT2D eigenvalue weighted by atomic mass is 16.2. The van der Waals surface area contributed by atoms with E-state index in [1.54, 1.807) is 18.1 Å². The topological polar surface area (TPSA) is 58.4 Å². The van der Waals surface area contributed by atoms with Crippen LogP contribution in [-0.4, -0.2) is 18.0 Å². The summed E-state index contributed by atoms with van der Waals surface area (Å²) in [6.45, 7) is 3.65. The average molecular weight is 245 g/mol. The summed E-state index contributed by atoms with van der Waals surface area (Å²) in [5, 5.41) is 4.29. The smallest absolute Gasteiger partial charge is 0.230 e. The number of hydrogen-bond acceptors (Lipinski definition) is 3. The van der Waals surface area contributed by atoms with Gasteiger partial charge in [-0.15, -0.1) is 0 Å². The summed E-state index contributed by atoms with van der Waals surface area (Å²) in [4.78, 5) is 12.1. The highest BCUT2D eigenvalue weighted by molar-refractivity contribution is 5.87. The fourth-order valence-electron chi connectivity index (χ4n) is 2.49. The molecule has 2 aliphatic rings. The minimum Gasteiger partial charge on any atom is -0.358 e.